The summed E-state index contributed by atoms with van der Waals surface area (Å²) in [6, 6.07) is 15.9. The van der Waals surface area contributed by atoms with E-state index in [2.05, 4.69) is 36.5 Å². The van der Waals surface area contributed by atoms with Crippen LogP contribution in [0.15, 0.2) is 60.1 Å². The molecule has 4 rings (SSSR count). The molecule has 0 spiro atoms. The normalized spacial score (nSPS) is 11.0. The molecule has 2 heterocycles. The van der Waals surface area contributed by atoms with Crippen LogP contribution in [0.1, 0.15) is 25.1 Å². The fourth-order valence-electron chi connectivity index (χ4n) is 3.22. The average molecular weight is 406 g/mol. The number of para-hydroxylation sites is 2. The maximum Gasteiger partial charge on any atom is 0.230 e. The largest absolute Gasteiger partial charge is 0.492 e. The Kier molecular flexibility index (Phi) is 5.62. The van der Waals surface area contributed by atoms with Gasteiger partial charge >= 0.3 is 0 Å². The maximum atomic E-state index is 12.6. The highest BCUT2D eigenvalue weighted by atomic mass is 32.1. The monoisotopic (exact) mass is 405 g/mol. The summed E-state index contributed by atoms with van der Waals surface area (Å²) in [6.07, 6.45) is 3.29. The van der Waals surface area contributed by atoms with E-state index in [1.54, 1.807) is 11.3 Å². The standard InChI is InChI=1S/C23H23N3O2S/c1-3-16-9-11-17(12-10-16)20-14-26-18(15-29-23(26)25-20)13-22(27)24-19-7-5-6-8-21(19)28-4-2/h5-12,14-15H,3-4,13H2,1-2H3,(H,24,27). The highest BCUT2D eigenvalue weighted by molar-refractivity contribution is 7.15. The first-order valence-electron chi connectivity index (χ1n) is 9.74. The number of carbonyl (C=O) groups excluding carboxylic acids is 1. The summed E-state index contributed by atoms with van der Waals surface area (Å²) < 4.78 is 7.59. The van der Waals surface area contributed by atoms with Crippen LogP contribution in [-0.4, -0.2) is 21.9 Å². The number of fused-ring (bicyclic) bond motifs is 1. The second-order valence-corrected chi connectivity index (χ2v) is 7.55. The molecule has 0 aliphatic rings. The van der Waals surface area contributed by atoms with Gasteiger partial charge in [0, 0.05) is 22.8 Å². The average Bonchev–Trinajstić information content (AvgIpc) is 3.32. The Labute approximate surface area is 174 Å². The van der Waals surface area contributed by atoms with Crippen molar-refractivity contribution < 1.29 is 9.53 Å². The van der Waals surface area contributed by atoms with Crippen molar-refractivity contribution in [3.05, 3.63) is 71.4 Å². The van der Waals surface area contributed by atoms with Gasteiger partial charge in [0.2, 0.25) is 5.91 Å². The van der Waals surface area contributed by atoms with Crippen molar-refractivity contribution in [1.82, 2.24) is 9.38 Å². The summed E-state index contributed by atoms with van der Waals surface area (Å²) in [6.45, 7) is 4.62. The molecule has 6 heteroatoms. The molecule has 2 aromatic heterocycles. The van der Waals surface area contributed by atoms with Crippen LogP contribution in [0.2, 0.25) is 0 Å². The highest BCUT2D eigenvalue weighted by Crippen LogP contribution is 2.26. The number of ether oxygens (including phenoxy) is 1. The molecule has 0 bridgehead atoms. The Hall–Kier alpha value is -3.12. The lowest BCUT2D eigenvalue weighted by Gasteiger charge is -2.11. The number of imidazole rings is 1. The number of nitrogens with zero attached hydrogens (tertiary/aromatic N) is 2. The van der Waals surface area contributed by atoms with Gasteiger partial charge in [-0.15, -0.1) is 11.3 Å². The van der Waals surface area contributed by atoms with Crippen molar-refractivity contribution in [2.24, 2.45) is 0 Å². The minimum Gasteiger partial charge on any atom is -0.492 e. The molecule has 1 N–H and O–H groups in total. The molecule has 0 saturated heterocycles. The van der Waals surface area contributed by atoms with Gasteiger partial charge in [0.25, 0.3) is 0 Å². The third-order valence-corrected chi connectivity index (χ3v) is 5.63. The third-order valence-electron chi connectivity index (χ3n) is 4.74. The number of rotatable bonds is 7. The Morgan fingerprint density at radius 3 is 2.69 bits per heavy atom. The van der Waals surface area contributed by atoms with Crippen LogP contribution in [0.25, 0.3) is 16.2 Å². The lowest BCUT2D eigenvalue weighted by Crippen LogP contribution is -2.16. The number of hydrogen-bond donors (Lipinski definition) is 1. The number of nitrogens with one attached hydrogen (secondary N) is 1. The van der Waals surface area contributed by atoms with Gasteiger partial charge in [-0.05, 0) is 31.0 Å². The zero-order valence-electron chi connectivity index (χ0n) is 16.5. The molecule has 0 unspecified atom stereocenters. The lowest BCUT2D eigenvalue weighted by atomic mass is 10.1. The third kappa shape index (κ3) is 4.17. The van der Waals surface area contributed by atoms with E-state index in [0.717, 1.165) is 28.3 Å². The molecule has 0 saturated carbocycles. The van der Waals surface area contributed by atoms with Crippen molar-refractivity contribution in [1.29, 1.82) is 0 Å². The predicted molar refractivity (Wildman–Crippen MR) is 118 cm³/mol. The molecule has 5 nitrogen and oxygen atoms in total. The fraction of sp³-hybridized carbons (Fsp3) is 0.217. The molecular formula is C23H23N3O2S. The Morgan fingerprint density at radius 1 is 1.14 bits per heavy atom. The van der Waals surface area contributed by atoms with Gasteiger partial charge in [-0.2, -0.15) is 0 Å². The van der Waals surface area contributed by atoms with Gasteiger partial charge < -0.3 is 10.1 Å². The number of amides is 1. The first-order valence-corrected chi connectivity index (χ1v) is 10.6. The number of benzene rings is 2. The van der Waals surface area contributed by atoms with Gasteiger partial charge in [-0.3, -0.25) is 9.20 Å². The van der Waals surface area contributed by atoms with Gasteiger partial charge in [-0.25, -0.2) is 4.98 Å². The summed E-state index contributed by atoms with van der Waals surface area (Å²) >= 11 is 1.54. The van der Waals surface area contributed by atoms with Crippen molar-refractivity contribution in [3.63, 3.8) is 0 Å². The van der Waals surface area contributed by atoms with Gasteiger partial charge in [0.1, 0.15) is 5.75 Å². The number of carbonyl (C=O) groups is 1. The topological polar surface area (TPSA) is 55.6 Å². The summed E-state index contributed by atoms with van der Waals surface area (Å²) in [4.78, 5) is 18.2. The summed E-state index contributed by atoms with van der Waals surface area (Å²) in [5.74, 6) is 0.596. The number of aromatic nitrogens is 2. The molecule has 0 radical (unpaired) electrons. The van der Waals surface area contributed by atoms with E-state index < -0.39 is 0 Å². The molecule has 2 aromatic carbocycles. The van der Waals surface area contributed by atoms with Crippen molar-refractivity contribution in [2.45, 2.75) is 26.7 Å². The molecule has 0 aliphatic heterocycles. The zero-order chi connectivity index (χ0) is 20.2. The van der Waals surface area contributed by atoms with E-state index in [9.17, 15) is 4.79 Å². The SMILES string of the molecule is CCOc1ccccc1NC(=O)Cc1csc2nc(-c3ccc(CC)cc3)cn12. The molecular weight excluding hydrogens is 382 g/mol. The van der Waals surface area contributed by atoms with E-state index in [4.69, 9.17) is 9.72 Å². The van der Waals surface area contributed by atoms with Crippen molar-refractivity contribution in [3.8, 4) is 17.0 Å². The van der Waals surface area contributed by atoms with Crippen LogP contribution in [0.4, 0.5) is 5.69 Å². The van der Waals surface area contributed by atoms with Crippen LogP contribution in [0, 0.1) is 0 Å². The van der Waals surface area contributed by atoms with Crippen LogP contribution >= 0.6 is 11.3 Å². The Morgan fingerprint density at radius 2 is 1.93 bits per heavy atom. The van der Waals surface area contributed by atoms with E-state index in [0.29, 0.717) is 18.0 Å². The minimum absolute atomic E-state index is 0.0839. The first kappa shape index (κ1) is 19.2. The molecule has 148 valence electrons. The van der Waals surface area contributed by atoms with Gasteiger partial charge in [0.15, 0.2) is 4.96 Å². The molecule has 0 aliphatic carbocycles. The molecule has 0 atom stereocenters. The van der Waals surface area contributed by atoms with Crippen molar-refractivity contribution >= 4 is 27.9 Å². The predicted octanol–water partition coefficient (Wildman–Crippen LogP) is 5.21. The van der Waals surface area contributed by atoms with Crippen LogP contribution in [-0.2, 0) is 17.6 Å². The molecule has 29 heavy (non-hydrogen) atoms. The minimum atomic E-state index is -0.0839. The lowest BCUT2D eigenvalue weighted by molar-refractivity contribution is -0.115. The van der Waals surface area contributed by atoms with Crippen LogP contribution < -0.4 is 10.1 Å². The van der Waals surface area contributed by atoms with Crippen LogP contribution in [0.5, 0.6) is 5.75 Å². The second-order valence-electron chi connectivity index (χ2n) is 6.71. The Bertz CT molecular complexity index is 1130. The first-order chi connectivity index (χ1) is 14.2. The summed E-state index contributed by atoms with van der Waals surface area (Å²) in [7, 11) is 0. The van der Waals surface area contributed by atoms with E-state index in [-0.39, 0.29) is 12.3 Å². The smallest absolute Gasteiger partial charge is 0.230 e. The van der Waals surface area contributed by atoms with Gasteiger partial charge in [-0.1, -0.05) is 43.3 Å². The van der Waals surface area contributed by atoms with E-state index in [1.807, 2.05) is 47.2 Å². The van der Waals surface area contributed by atoms with Gasteiger partial charge in [0.05, 0.1) is 24.4 Å². The molecule has 1 amide bonds. The number of anilines is 1. The molecule has 4 aromatic rings. The second kappa shape index (κ2) is 8.49. The summed E-state index contributed by atoms with van der Waals surface area (Å²) in [5, 5.41) is 4.94. The Balaban J connectivity index is 1.52. The number of thiazole rings is 1. The fourth-order valence-corrected chi connectivity index (χ4v) is 4.09. The van der Waals surface area contributed by atoms with E-state index in [1.165, 1.54) is 5.56 Å². The quantitative estimate of drug-likeness (QED) is 0.459. The van der Waals surface area contributed by atoms with Crippen LogP contribution in [0.3, 0.4) is 0 Å². The zero-order valence-corrected chi connectivity index (χ0v) is 17.3. The van der Waals surface area contributed by atoms with E-state index >= 15 is 0 Å². The maximum absolute atomic E-state index is 12.6. The van der Waals surface area contributed by atoms with Crippen molar-refractivity contribution in [2.75, 3.05) is 11.9 Å². The number of hydrogen-bond acceptors (Lipinski definition) is 4. The number of aryl methyl sites for hydroxylation is 1. The molecule has 0 fully saturated rings. The summed E-state index contributed by atoms with van der Waals surface area (Å²) in [5.41, 5.74) is 4.91. The highest BCUT2D eigenvalue weighted by Gasteiger charge is 2.14.